The number of amides is 2. The average Bonchev–Trinajstić information content (AvgIpc) is 3.17. The first-order chi connectivity index (χ1) is 12.0. The van der Waals surface area contributed by atoms with Crippen molar-refractivity contribution in [2.45, 2.75) is 50.6 Å². The highest BCUT2D eigenvalue weighted by Gasteiger charge is 2.25. The van der Waals surface area contributed by atoms with Gasteiger partial charge in [-0.15, -0.1) is 16.4 Å². The summed E-state index contributed by atoms with van der Waals surface area (Å²) in [7, 11) is 0. The summed E-state index contributed by atoms with van der Waals surface area (Å²) in [6.45, 7) is 4.04. The van der Waals surface area contributed by atoms with Gasteiger partial charge in [-0.05, 0) is 31.2 Å². The molecule has 0 saturated heterocycles. The second kappa shape index (κ2) is 7.57. The predicted molar refractivity (Wildman–Crippen MR) is 99.3 cm³/mol. The first kappa shape index (κ1) is 17.9. The van der Waals surface area contributed by atoms with Crippen LogP contribution in [0.15, 0.2) is 5.16 Å². The van der Waals surface area contributed by atoms with E-state index < -0.39 is 5.91 Å². The topological polar surface area (TPSA) is 114 Å². The molecule has 9 heteroatoms. The number of primary amides is 1. The van der Waals surface area contributed by atoms with Crippen molar-refractivity contribution in [3.63, 3.8) is 0 Å². The highest BCUT2D eigenvalue weighted by atomic mass is 32.2. The highest BCUT2D eigenvalue weighted by Crippen LogP contribution is 2.38. The van der Waals surface area contributed by atoms with E-state index in [9.17, 15) is 9.59 Å². The molecule has 0 aromatic carbocycles. The smallest absolute Gasteiger partial charge is 0.251 e. The molecular weight excluding hydrogens is 358 g/mol. The lowest BCUT2D eigenvalue weighted by molar-refractivity contribution is -0.113. The Kier molecular flexibility index (Phi) is 5.43. The zero-order valence-electron chi connectivity index (χ0n) is 14.2. The van der Waals surface area contributed by atoms with Crippen molar-refractivity contribution in [3.05, 3.63) is 21.8 Å². The molecule has 2 aromatic heterocycles. The molecule has 3 rings (SSSR count). The number of anilines is 1. The van der Waals surface area contributed by atoms with E-state index in [1.54, 1.807) is 0 Å². The third kappa shape index (κ3) is 4.04. The van der Waals surface area contributed by atoms with E-state index in [0.717, 1.165) is 37.1 Å². The molecule has 4 N–H and O–H groups in total. The van der Waals surface area contributed by atoms with Gasteiger partial charge in [0.15, 0.2) is 0 Å². The van der Waals surface area contributed by atoms with Crippen LogP contribution in [0.3, 0.4) is 0 Å². The molecule has 0 aliphatic heterocycles. The zero-order chi connectivity index (χ0) is 18.0. The van der Waals surface area contributed by atoms with E-state index in [4.69, 9.17) is 5.73 Å². The number of H-pyrrole nitrogens is 1. The Balaban J connectivity index is 1.66. The predicted octanol–water partition coefficient (Wildman–Crippen LogP) is 2.70. The van der Waals surface area contributed by atoms with E-state index in [2.05, 4.69) is 20.5 Å². The number of carbonyl (C=O) groups is 2. The molecule has 0 fully saturated rings. The molecule has 7 nitrogen and oxygen atoms in total. The molecule has 2 amide bonds. The number of carbonyl (C=O) groups excluding carboxylic acids is 2. The molecule has 0 bridgehead atoms. The molecule has 1 aliphatic carbocycles. The molecule has 0 unspecified atom stereocenters. The molecule has 2 aromatic rings. The van der Waals surface area contributed by atoms with Gasteiger partial charge in [0.25, 0.3) is 5.91 Å². The highest BCUT2D eigenvalue weighted by molar-refractivity contribution is 7.99. The maximum Gasteiger partial charge on any atom is 0.251 e. The van der Waals surface area contributed by atoms with Crippen molar-refractivity contribution in [1.29, 1.82) is 0 Å². The van der Waals surface area contributed by atoms with Gasteiger partial charge in [-0.25, -0.2) is 4.98 Å². The number of aromatic nitrogens is 3. The van der Waals surface area contributed by atoms with Gasteiger partial charge in [0, 0.05) is 10.8 Å². The van der Waals surface area contributed by atoms with Crippen molar-refractivity contribution >= 4 is 39.9 Å². The maximum absolute atomic E-state index is 12.3. The van der Waals surface area contributed by atoms with Crippen molar-refractivity contribution in [3.8, 4) is 0 Å². The number of aryl methyl sites for hydroxylation is 1. The van der Waals surface area contributed by atoms with E-state index in [1.165, 1.54) is 28.0 Å². The fourth-order valence-corrected chi connectivity index (χ4v) is 4.70. The summed E-state index contributed by atoms with van der Waals surface area (Å²) in [5.41, 5.74) is 7.04. The van der Waals surface area contributed by atoms with Crippen LogP contribution in [-0.4, -0.2) is 32.7 Å². The summed E-state index contributed by atoms with van der Waals surface area (Å²) in [6, 6.07) is 0. The quantitative estimate of drug-likeness (QED) is 0.668. The molecule has 0 atom stereocenters. The lowest BCUT2D eigenvalue weighted by Crippen LogP contribution is -2.19. The number of hydrogen-bond donors (Lipinski definition) is 3. The Morgan fingerprint density at radius 1 is 1.36 bits per heavy atom. The summed E-state index contributed by atoms with van der Waals surface area (Å²) in [5, 5.41) is 10.9. The Bertz CT molecular complexity index is 797. The summed E-state index contributed by atoms with van der Waals surface area (Å²) >= 11 is 2.73. The molecule has 1 aliphatic rings. The van der Waals surface area contributed by atoms with Crippen molar-refractivity contribution in [2.75, 3.05) is 11.1 Å². The van der Waals surface area contributed by atoms with Gasteiger partial charge in [-0.3, -0.25) is 14.7 Å². The lowest BCUT2D eigenvalue weighted by Gasteiger charge is -2.11. The van der Waals surface area contributed by atoms with Crippen LogP contribution < -0.4 is 11.1 Å². The van der Waals surface area contributed by atoms with Crippen molar-refractivity contribution in [1.82, 2.24) is 15.2 Å². The number of thioether (sulfide) groups is 1. The Hall–Kier alpha value is -1.87. The second-order valence-electron chi connectivity index (χ2n) is 6.27. The minimum absolute atomic E-state index is 0.177. The lowest BCUT2D eigenvalue weighted by atomic mass is 9.95. The van der Waals surface area contributed by atoms with Gasteiger partial charge in [0.1, 0.15) is 10.8 Å². The standard InChI is InChI=1S/C16H21N5O2S2/c1-8(2)14-19-16(21-20-14)24-7-11(22)18-15-12(13(17)23)9-5-3-4-6-10(9)25-15/h8H,3-7H2,1-2H3,(H2,17,23)(H,18,22)(H,19,20,21). The normalized spacial score (nSPS) is 13.7. The van der Waals surface area contributed by atoms with Gasteiger partial charge in [-0.1, -0.05) is 25.6 Å². The van der Waals surface area contributed by atoms with Crippen molar-refractivity contribution < 1.29 is 9.59 Å². The molecule has 0 saturated carbocycles. The largest absolute Gasteiger partial charge is 0.365 e. The molecular formula is C16H21N5O2S2. The number of thiophene rings is 1. The van der Waals surface area contributed by atoms with Crippen molar-refractivity contribution in [2.24, 2.45) is 5.73 Å². The van der Waals surface area contributed by atoms with Gasteiger partial charge in [-0.2, -0.15) is 0 Å². The van der Waals surface area contributed by atoms with Crippen LogP contribution in [-0.2, 0) is 17.6 Å². The van der Waals surface area contributed by atoms with Crippen LogP contribution in [0.2, 0.25) is 0 Å². The van der Waals surface area contributed by atoms with Gasteiger partial charge >= 0.3 is 0 Å². The minimum atomic E-state index is -0.474. The molecule has 2 heterocycles. The number of nitrogens with zero attached hydrogens (tertiary/aromatic N) is 2. The van der Waals surface area contributed by atoms with Gasteiger partial charge < -0.3 is 11.1 Å². The molecule has 25 heavy (non-hydrogen) atoms. The number of nitrogens with one attached hydrogen (secondary N) is 2. The number of rotatable bonds is 6. The van der Waals surface area contributed by atoms with Crippen LogP contribution in [0, 0.1) is 0 Å². The zero-order valence-corrected chi connectivity index (χ0v) is 15.9. The monoisotopic (exact) mass is 379 g/mol. The Morgan fingerprint density at radius 3 is 2.80 bits per heavy atom. The van der Waals surface area contributed by atoms with E-state index in [-0.39, 0.29) is 17.6 Å². The molecule has 134 valence electrons. The summed E-state index contributed by atoms with van der Waals surface area (Å²) < 4.78 is 0. The fraction of sp³-hybridized carbons (Fsp3) is 0.500. The van der Waals surface area contributed by atoms with Crippen LogP contribution in [0.1, 0.15) is 59.2 Å². The number of aromatic amines is 1. The van der Waals surface area contributed by atoms with Gasteiger partial charge in [0.05, 0.1) is 11.3 Å². The third-order valence-electron chi connectivity index (χ3n) is 4.03. The number of nitrogens with two attached hydrogens (primary N) is 1. The Morgan fingerprint density at radius 2 is 2.12 bits per heavy atom. The van der Waals surface area contributed by atoms with E-state index in [1.807, 2.05) is 13.8 Å². The molecule has 0 radical (unpaired) electrons. The molecule has 0 spiro atoms. The third-order valence-corrected chi connectivity index (χ3v) is 6.09. The van der Waals surface area contributed by atoms with Gasteiger partial charge in [0.2, 0.25) is 11.1 Å². The number of fused-ring (bicyclic) bond motifs is 1. The minimum Gasteiger partial charge on any atom is -0.365 e. The van der Waals surface area contributed by atoms with E-state index in [0.29, 0.717) is 15.7 Å². The van der Waals surface area contributed by atoms with Crippen LogP contribution in [0.4, 0.5) is 5.00 Å². The van der Waals surface area contributed by atoms with Crippen LogP contribution in [0.5, 0.6) is 0 Å². The first-order valence-corrected chi connectivity index (χ1v) is 10.0. The van der Waals surface area contributed by atoms with E-state index >= 15 is 0 Å². The van der Waals surface area contributed by atoms with Crippen LogP contribution in [0.25, 0.3) is 0 Å². The first-order valence-electron chi connectivity index (χ1n) is 8.25. The second-order valence-corrected chi connectivity index (χ2v) is 8.32. The average molecular weight is 380 g/mol. The number of hydrogen-bond acceptors (Lipinski definition) is 6. The Labute approximate surface area is 154 Å². The summed E-state index contributed by atoms with van der Waals surface area (Å²) in [4.78, 5) is 29.6. The summed E-state index contributed by atoms with van der Waals surface area (Å²) in [6.07, 6.45) is 3.96. The summed E-state index contributed by atoms with van der Waals surface area (Å²) in [5.74, 6) is 0.562. The fourth-order valence-electron chi connectivity index (χ4n) is 2.79. The van der Waals surface area contributed by atoms with Crippen LogP contribution >= 0.6 is 23.1 Å². The SMILES string of the molecule is CC(C)c1nc(SCC(=O)Nc2sc3c(c2C(N)=O)CCCC3)n[nH]1. The maximum atomic E-state index is 12.3.